The van der Waals surface area contributed by atoms with Crippen LogP contribution < -0.4 is 20.1 Å². The monoisotopic (exact) mass is 376 g/mol. The molecule has 1 amide bonds. The van der Waals surface area contributed by atoms with Crippen molar-refractivity contribution >= 4 is 17.4 Å². The lowest BCUT2D eigenvalue weighted by molar-refractivity contribution is 0.0948. The lowest BCUT2D eigenvalue weighted by Gasteiger charge is -2.19. The Balaban J connectivity index is 1.32. The second-order valence-corrected chi connectivity index (χ2v) is 6.28. The Kier molecular flexibility index (Phi) is 5.33. The molecule has 1 aromatic heterocycles. The van der Waals surface area contributed by atoms with Gasteiger partial charge in [-0.15, -0.1) is 10.2 Å². The number of fused-ring (bicyclic) bond motifs is 1. The highest BCUT2D eigenvalue weighted by Crippen LogP contribution is 2.33. The van der Waals surface area contributed by atoms with Crippen molar-refractivity contribution in [1.82, 2.24) is 15.5 Å². The average Bonchev–Trinajstić information content (AvgIpc) is 2.75. The minimum Gasteiger partial charge on any atom is -0.486 e. The fraction of sp³-hybridized carbons (Fsp3) is 0.190. The predicted molar refractivity (Wildman–Crippen MR) is 105 cm³/mol. The van der Waals surface area contributed by atoms with Crippen molar-refractivity contribution < 1.29 is 14.3 Å². The van der Waals surface area contributed by atoms with Crippen LogP contribution in [0.1, 0.15) is 16.1 Å². The number of carbonyl (C=O) groups is 1. The van der Waals surface area contributed by atoms with E-state index in [2.05, 4.69) is 20.8 Å². The Bertz CT molecular complexity index is 946. The molecular formula is C21H20N4O3. The van der Waals surface area contributed by atoms with Crippen LogP contribution in [0.4, 0.5) is 11.5 Å². The molecule has 142 valence electrons. The molecule has 0 saturated heterocycles. The minimum atomic E-state index is -0.241. The molecule has 0 bridgehead atoms. The molecule has 0 spiro atoms. The normalized spacial score (nSPS) is 12.3. The first-order chi connectivity index (χ1) is 13.8. The number of nitrogens with zero attached hydrogens (tertiary/aromatic N) is 2. The second-order valence-electron chi connectivity index (χ2n) is 6.28. The molecule has 2 heterocycles. The van der Waals surface area contributed by atoms with Gasteiger partial charge >= 0.3 is 0 Å². The summed E-state index contributed by atoms with van der Waals surface area (Å²) in [5.41, 5.74) is 2.26. The molecule has 0 saturated carbocycles. The van der Waals surface area contributed by atoms with Crippen molar-refractivity contribution in [3.8, 4) is 11.5 Å². The summed E-state index contributed by atoms with van der Waals surface area (Å²) in [6.45, 7) is 1.63. The first-order valence-corrected chi connectivity index (χ1v) is 9.10. The zero-order chi connectivity index (χ0) is 19.2. The highest BCUT2D eigenvalue weighted by molar-refractivity contribution is 5.92. The summed E-state index contributed by atoms with van der Waals surface area (Å²) in [5.74, 6) is 1.72. The average molecular weight is 376 g/mol. The zero-order valence-corrected chi connectivity index (χ0v) is 15.2. The number of carbonyl (C=O) groups excluding carboxylic acids is 1. The Morgan fingerprint density at radius 2 is 1.75 bits per heavy atom. The molecule has 3 aromatic rings. The smallest absolute Gasteiger partial charge is 0.271 e. The Morgan fingerprint density at radius 1 is 0.929 bits per heavy atom. The molecule has 1 aliphatic rings. The number of hydrogen-bond acceptors (Lipinski definition) is 6. The van der Waals surface area contributed by atoms with E-state index in [1.165, 1.54) is 5.56 Å². The molecule has 2 N–H and O–H groups in total. The Morgan fingerprint density at radius 3 is 2.54 bits per heavy atom. The van der Waals surface area contributed by atoms with Crippen LogP contribution >= 0.6 is 0 Å². The molecular weight excluding hydrogens is 356 g/mol. The molecule has 0 radical (unpaired) electrons. The second kappa shape index (κ2) is 8.39. The summed E-state index contributed by atoms with van der Waals surface area (Å²) in [5, 5.41) is 14.1. The number of nitrogens with one attached hydrogen (secondary N) is 2. The molecule has 7 heteroatoms. The van der Waals surface area contributed by atoms with Crippen LogP contribution in [0.3, 0.4) is 0 Å². The number of hydrogen-bond donors (Lipinski definition) is 2. The van der Waals surface area contributed by atoms with Crippen LogP contribution in [0.5, 0.6) is 11.5 Å². The molecule has 4 rings (SSSR count). The van der Waals surface area contributed by atoms with Crippen molar-refractivity contribution in [2.24, 2.45) is 0 Å². The standard InChI is InChI=1S/C21H20N4O3/c26-21(22-11-10-15-4-2-1-3-5-15)17-7-9-20(25-24-17)23-16-6-8-18-19(14-16)28-13-12-27-18/h1-9,14H,10-13H2,(H,22,26)(H,23,25). The van der Waals surface area contributed by atoms with E-state index in [4.69, 9.17) is 9.47 Å². The van der Waals surface area contributed by atoms with Crippen molar-refractivity contribution in [3.63, 3.8) is 0 Å². The molecule has 1 aliphatic heterocycles. The molecule has 0 unspecified atom stereocenters. The third-order valence-electron chi connectivity index (χ3n) is 4.25. The predicted octanol–water partition coefficient (Wildman–Crippen LogP) is 2.96. The van der Waals surface area contributed by atoms with Gasteiger partial charge in [-0.3, -0.25) is 4.79 Å². The van der Waals surface area contributed by atoms with Gasteiger partial charge in [0.1, 0.15) is 13.2 Å². The van der Waals surface area contributed by atoms with Gasteiger partial charge in [0.15, 0.2) is 23.0 Å². The van der Waals surface area contributed by atoms with Crippen molar-refractivity contribution in [1.29, 1.82) is 0 Å². The summed E-state index contributed by atoms with van der Waals surface area (Å²) in [6.07, 6.45) is 0.768. The number of anilines is 2. The van der Waals surface area contributed by atoms with Gasteiger partial charge in [0.25, 0.3) is 5.91 Å². The van der Waals surface area contributed by atoms with Gasteiger partial charge in [0.05, 0.1) is 0 Å². The fourth-order valence-corrected chi connectivity index (χ4v) is 2.84. The van der Waals surface area contributed by atoms with Gasteiger partial charge in [-0.2, -0.15) is 0 Å². The van der Waals surface area contributed by atoms with Crippen LogP contribution in [0, 0.1) is 0 Å². The lowest BCUT2D eigenvalue weighted by Crippen LogP contribution is -2.26. The van der Waals surface area contributed by atoms with E-state index in [0.717, 1.165) is 17.9 Å². The van der Waals surface area contributed by atoms with Gasteiger partial charge in [-0.05, 0) is 36.2 Å². The lowest BCUT2D eigenvalue weighted by atomic mass is 10.1. The maximum Gasteiger partial charge on any atom is 0.271 e. The molecule has 2 aromatic carbocycles. The van der Waals surface area contributed by atoms with Gasteiger partial charge in [0.2, 0.25) is 0 Å². The highest BCUT2D eigenvalue weighted by atomic mass is 16.6. The van der Waals surface area contributed by atoms with Gasteiger partial charge in [-0.1, -0.05) is 30.3 Å². The SMILES string of the molecule is O=C(NCCc1ccccc1)c1ccc(Nc2ccc3c(c2)OCCO3)nn1. The van der Waals surface area contributed by atoms with E-state index in [9.17, 15) is 4.79 Å². The van der Waals surface area contributed by atoms with E-state index < -0.39 is 0 Å². The van der Waals surface area contributed by atoms with Gasteiger partial charge in [0, 0.05) is 18.3 Å². The number of rotatable bonds is 6. The van der Waals surface area contributed by atoms with Crippen LogP contribution in [-0.4, -0.2) is 35.9 Å². The van der Waals surface area contributed by atoms with E-state index >= 15 is 0 Å². The fourth-order valence-electron chi connectivity index (χ4n) is 2.84. The molecule has 0 aliphatic carbocycles. The first kappa shape index (κ1) is 17.8. The Hall–Kier alpha value is -3.61. The number of aromatic nitrogens is 2. The summed E-state index contributed by atoms with van der Waals surface area (Å²) in [7, 11) is 0. The third kappa shape index (κ3) is 4.37. The summed E-state index contributed by atoms with van der Waals surface area (Å²) < 4.78 is 11.1. The molecule has 28 heavy (non-hydrogen) atoms. The van der Waals surface area contributed by atoms with E-state index in [1.807, 2.05) is 48.5 Å². The quantitative estimate of drug-likeness (QED) is 0.688. The van der Waals surface area contributed by atoms with E-state index in [1.54, 1.807) is 12.1 Å². The molecule has 7 nitrogen and oxygen atoms in total. The first-order valence-electron chi connectivity index (χ1n) is 9.10. The minimum absolute atomic E-state index is 0.241. The number of amides is 1. The van der Waals surface area contributed by atoms with Crippen LogP contribution in [-0.2, 0) is 6.42 Å². The topological polar surface area (TPSA) is 85.4 Å². The Labute approximate surface area is 162 Å². The van der Waals surface area contributed by atoms with Crippen molar-refractivity contribution in [2.75, 3.05) is 25.1 Å². The summed E-state index contributed by atoms with van der Waals surface area (Å²) >= 11 is 0. The van der Waals surface area contributed by atoms with E-state index in [0.29, 0.717) is 31.3 Å². The largest absolute Gasteiger partial charge is 0.486 e. The van der Waals surface area contributed by atoms with Crippen molar-refractivity contribution in [3.05, 3.63) is 71.9 Å². The highest BCUT2D eigenvalue weighted by Gasteiger charge is 2.12. The van der Waals surface area contributed by atoms with Crippen LogP contribution in [0.15, 0.2) is 60.7 Å². The summed E-state index contributed by atoms with van der Waals surface area (Å²) in [4.78, 5) is 12.2. The maximum absolute atomic E-state index is 12.2. The van der Waals surface area contributed by atoms with E-state index in [-0.39, 0.29) is 11.6 Å². The van der Waals surface area contributed by atoms with Crippen LogP contribution in [0.25, 0.3) is 0 Å². The maximum atomic E-state index is 12.2. The zero-order valence-electron chi connectivity index (χ0n) is 15.2. The summed E-state index contributed by atoms with van der Waals surface area (Å²) in [6, 6.07) is 18.9. The number of ether oxygens (including phenoxy) is 2. The molecule has 0 atom stereocenters. The molecule has 0 fully saturated rings. The van der Waals surface area contributed by atoms with Gasteiger partial charge in [-0.25, -0.2) is 0 Å². The van der Waals surface area contributed by atoms with Gasteiger partial charge < -0.3 is 20.1 Å². The number of benzene rings is 2. The van der Waals surface area contributed by atoms with Crippen molar-refractivity contribution in [2.45, 2.75) is 6.42 Å². The third-order valence-corrected chi connectivity index (χ3v) is 4.25. The van der Waals surface area contributed by atoms with Crippen LogP contribution in [0.2, 0.25) is 0 Å².